The summed E-state index contributed by atoms with van der Waals surface area (Å²) in [4.78, 5) is 0. The van der Waals surface area contributed by atoms with Gasteiger partial charge in [0.15, 0.2) is 0 Å². The van der Waals surface area contributed by atoms with Gasteiger partial charge < -0.3 is 24.8 Å². The smallest absolute Gasteiger partial charge is 1.00 e. The standard InChI is InChI=1S/C17H17P.2ClH.Hf/c1-2-13-18(15-8-4-5-9-15)17-12-11-14-7-3-6-10-16(14)17;;;/h3-4,6-8,10-12H,2,5,13H2,1H3;2*1H;/q;;;+2/p-2. The predicted octanol–water partition coefficient (Wildman–Crippen LogP) is -0.966. The van der Waals surface area contributed by atoms with Crippen molar-refractivity contribution in [2.45, 2.75) is 22.7 Å². The van der Waals surface area contributed by atoms with E-state index in [1.54, 1.807) is 10.9 Å². The fraction of sp³-hybridized carbons (Fsp3) is 0.294. The van der Waals surface area contributed by atoms with Crippen molar-refractivity contribution in [2.24, 2.45) is 0 Å². The number of hydrogen-bond donors (Lipinski definition) is 0. The Balaban J connectivity index is 0.000000807. The van der Waals surface area contributed by atoms with E-state index in [-0.39, 0.29) is 32.7 Å². The van der Waals surface area contributed by atoms with Gasteiger partial charge in [0.25, 0.3) is 0 Å². The second kappa shape index (κ2) is 6.83. The van der Waals surface area contributed by atoms with Crippen molar-refractivity contribution in [3.05, 3.63) is 62.3 Å². The van der Waals surface area contributed by atoms with E-state index >= 15 is 0 Å². The number of benzene rings is 1. The van der Waals surface area contributed by atoms with Crippen LogP contribution < -0.4 is 24.8 Å². The topological polar surface area (TPSA) is 0 Å². The van der Waals surface area contributed by atoms with Gasteiger partial charge in [-0.05, 0) is 0 Å². The van der Waals surface area contributed by atoms with Gasteiger partial charge >= 0.3 is 128 Å². The molecule has 1 spiro atoms. The van der Waals surface area contributed by atoms with Crippen molar-refractivity contribution < 1.29 is 47.7 Å². The van der Waals surface area contributed by atoms with Gasteiger partial charge in [-0.15, -0.1) is 0 Å². The molecule has 21 heavy (non-hydrogen) atoms. The summed E-state index contributed by atoms with van der Waals surface area (Å²) in [5.74, 6) is 0. The van der Waals surface area contributed by atoms with Gasteiger partial charge in [-0.25, -0.2) is 0 Å². The first-order chi connectivity index (χ1) is 9.35. The van der Waals surface area contributed by atoms with Crippen LogP contribution in [0.5, 0.6) is 0 Å². The van der Waals surface area contributed by atoms with Crippen molar-refractivity contribution >= 4 is 14.0 Å². The molecule has 0 aromatic heterocycles. The van der Waals surface area contributed by atoms with Gasteiger partial charge in [-0.2, -0.15) is 0 Å². The molecule has 0 nitrogen and oxygen atoms in total. The molecule has 1 aliphatic heterocycles. The molecule has 1 aromatic rings. The quantitative estimate of drug-likeness (QED) is 0.362. The first-order valence-corrected chi connectivity index (χ1v) is 12.2. The molecule has 108 valence electrons. The molecule has 2 atom stereocenters. The maximum Gasteiger partial charge on any atom is -1.00 e. The van der Waals surface area contributed by atoms with Crippen molar-refractivity contribution in [1.29, 1.82) is 0 Å². The molecule has 0 fully saturated rings. The molecule has 0 amide bonds. The van der Waals surface area contributed by atoms with E-state index in [1.165, 1.54) is 24.6 Å². The van der Waals surface area contributed by atoms with Crippen LogP contribution in [0.25, 0.3) is 6.08 Å². The van der Waals surface area contributed by atoms with E-state index in [1.807, 2.05) is 3.33 Å². The van der Waals surface area contributed by atoms with E-state index in [0.29, 0.717) is 2.91 Å². The molecule has 4 heteroatoms. The Morgan fingerprint density at radius 2 is 2.00 bits per heavy atom. The van der Waals surface area contributed by atoms with Gasteiger partial charge in [0.1, 0.15) is 0 Å². The maximum atomic E-state index is 2.62. The summed E-state index contributed by atoms with van der Waals surface area (Å²) in [6.07, 6.45) is 14.0. The van der Waals surface area contributed by atoms with Crippen molar-refractivity contribution in [3.63, 3.8) is 0 Å². The third-order valence-electron chi connectivity index (χ3n) is 4.29. The van der Waals surface area contributed by atoms with Gasteiger partial charge in [-0.3, -0.25) is 0 Å². The van der Waals surface area contributed by atoms with Crippen LogP contribution in [0.4, 0.5) is 0 Å². The van der Waals surface area contributed by atoms with Gasteiger partial charge in [0, 0.05) is 0 Å². The van der Waals surface area contributed by atoms with E-state index in [4.69, 9.17) is 0 Å². The SMILES string of the molecule is CCCP1C2=[C](CC=C2)[Hf+2][C]12C=Cc1ccccc12.[Cl-].[Cl-]. The molecule has 1 aromatic carbocycles. The molecular formula is C17H17Cl2HfP. The Morgan fingerprint density at radius 3 is 2.81 bits per heavy atom. The van der Waals surface area contributed by atoms with E-state index in [9.17, 15) is 0 Å². The van der Waals surface area contributed by atoms with Gasteiger partial charge in [-0.1, -0.05) is 0 Å². The Labute approximate surface area is 152 Å². The molecule has 0 radical (unpaired) electrons. The number of halogens is 2. The average molecular weight is 502 g/mol. The molecule has 2 aliphatic carbocycles. The van der Waals surface area contributed by atoms with Crippen LogP contribution in [-0.2, 0) is 25.8 Å². The predicted molar refractivity (Wildman–Crippen MR) is 80.0 cm³/mol. The number of hydrogen-bond acceptors (Lipinski definition) is 0. The minimum atomic E-state index is -0.755. The zero-order chi connectivity index (χ0) is 12.9. The van der Waals surface area contributed by atoms with Crippen LogP contribution >= 0.6 is 7.92 Å². The van der Waals surface area contributed by atoms with E-state index in [2.05, 4.69) is 55.5 Å². The molecular weight excluding hydrogens is 485 g/mol. The minimum absolute atomic E-state index is 0. The second-order valence-corrected chi connectivity index (χ2v) is 15.3. The Bertz CT molecular complexity index is 635. The minimum Gasteiger partial charge on any atom is -1.00 e. The fourth-order valence-electron chi connectivity index (χ4n) is 3.50. The molecule has 0 saturated heterocycles. The summed E-state index contributed by atoms with van der Waals surface area (Å²) in [5, 5.41) is 1.81. The average Bonchev–Trinajstić information content (AvgIpc) is 3.09. The van der Waals surface area contributed by atoms with Gasteiger partial charge in [0.05, 0.1) is 0 Å². The third-order valence-corrected chi connectivity index (χ3v) is 17.7. The van der Waals surface area contributed by atoms with Crippen LogP contribution in [-0.4, -0.2) is 6.16 Å². The molecule has 0 bridgehead atoms. The molecule has 0 N–H and O–H groups in total. The number of fused-ring (bicyclic) bond motifs is 2. The van der Waals surface area contributed by atoms with Crippen LogP contribution in [0.3, 0.4) is 0 Å². The summed E-state index contributed by atoms with van der Waals surface area (Å²) < 4.78 is 2.46. The summed E-state index contributed by atoms with van der Waals surface area (Å²) >= 11 is -0.755. The zero-order valence-electron chi connectivity index (χ0n) is 11.9. The monoisotopic (exact) mass is 502 g/mol. The molecule has 2 unspecified atom stereocenters. The number of allylic oxidation sites excluding steroid dienone is 5. The van der Waals surface area contributed by atoms with Crippen LogP contribution in [0.15, 0.2) is 51.1 Å². The Kier molecular flexibility index (Phi) is 5.75. The Hall–Kier alpha value is 0.320. The van der Waals surface area contributed by atoms with Crippen LogP contribution in [0.1, 0.15) is 30.9 Å². The van der Waals surface area contributed by atoms with E-state index < -0.39 is 22.9 Å². The number of rotatable bonds is 2. The summed E-state index contributed by atoms with van der Waals surface area (Å²) in [5.41, 5.74) is 3.18. The molecule has 4 rings (SSSR count). The zero-order valence-corrected chi connectivity index (χ0v) is 17.9. The molecule has 0 saturated carbocycles. The van der Waals surface area contributed by atoms with Crippen molar-refractivity contribution in [1.82, 2.24) is 0 Å². The van der Waals surface area contributed by atoms with Crippen LogP contribution in [0, 0.1) is 0 Å². The van der Waals surface area contributed by atoms with Crippen molar-refractivity contribution in [2.75, 3.05) is 6.16 Å². The van der Waals surface area contributed by atoms with E-state index in [0.717, 1.165) is 0 Å². The summed E-state index contributed by atoms with van der Waals surface area (Å²) in [6.45, 7) is 2.35. The second-order valence-electron chi connectivity index (χ2n) is 5.43. The Morgan fingerprint density at radius 1 is 1.19 bits per heavy atom. The normalized spacial score (nSPS) is 26.8. The summed E-state index contributed by atoms with van der Waals surface area (Å²) in [7, 11) is 0.0349. The molecule has 1 heterocycles. The third kappa shape index (κ3) is 2.59. The first-order valence-electron chi connectivity index (χ1n) is 7.09. The van der Waals surface area contributed by atoms with Crippen LogP contribution in [0.2, 0.25) is 0 Å². The van der Waals surface area contributed by atoms with Gasteiger partial charge in [0.2, 0.25) is 0 Å². The van der Waals surface area contributed by atoms with Crippen molar-refractivity contribution in [3.8, 4) is 0 Å². The summed E-state index contributed by atoms with van der Waals surface area (Å²) in [6, 6.07) is 9.16. The largest absolute Gasteiger partial charge is 1.00 e. The maximum absolute atomic E-state index is 2.62. The molecule has 3 aliphatic rings. The fourth-order valence-corrected chi connectivity index (χ4v) is 18.6. The first kappa shape index (κ1) is 17.7.